The minimum atomic E-state index is -0.592. The Labute approximate surface area is 166 Å². The molecular weight excluding hydrogens is 377 g/mol. The normalized spacial score (nSPS) is 13.1. The highest BCUT2D eigenvalue weighted by atomic mass is 19.1. The van der Waals surface area contributed by atoms with Crippen LogP contribution >= 0.6 is 0 Å². The number of pyridine rings is 1. The number of rotatable bonds is 6. The van der Waals surface area contributed by atoms with Gasteiger partial charge >= 0.3 is 6.03 Å². The first kappa shape index (κ1) is 18.8. The van der Waals surface area contributed by atoms with Crippen molar-refractivity contribution in [3.8, 4) is 23.0 Å². The number of fused-ring (bicyclic) bond motifs is 1. The molecule has 7 nitrogen and oxygen atoms in total. The molecule has 0 atom stereocenters. The lowest BCUT2D eigenvalue weighted by Crippen LogP contribution is -2.30. The Hall–Kier alpha value is -3.55. The van der Waals surface area contributed by atoms with Gasteiger partial charge in [0, 0.05) is 29.8 Å². The van der Waals surface area contributed by atoms with Crippen LogP contribution in [0.25, 0.3) is 10.9 Å². The van der Waals surface area contributed by atoms with Crippen LogP contribution in [-0.2, 0) is 0 Å². The van der Waals surface area contributed by atoms with Gasteiger partial charge in [0.05, 0.1) is 25.4 Å². The molecular formula is C21H20FN3O4. The molecule has 0 bridgehead atoms. The summed E-state index contributed by atoms with van der Waals surface area (Å²) in [6.45, 7) is 0. The molecule has 0 spiro atoms. The van der Waals surface area contributed by atoms with E-state index in [1.807, 2.05) is 0 Å². The lowest BCUT2D eigenvalue weighted by molar-refractivity contribution is 0.251. The smallest absolute Gasteiger partial charge is 0.319 e. The molecule has 2 N–H and O–H groups in total. The average molecular weight is 397 g/mol. The largest absolute Gasteiger partial charge is 0.493 e. The van der Waals surface area contributed by atoms with Gasteiger partial charge < -0.3 is 24.8 Å². The number of nitrogens with zero attached hydrogens (tertiary/aromatic N) is 1. The molecule has 1 heterocycles. The van der Waals surface area contributed by atoms with Crippen LogP contribution < -0.4 is 24.8 Å². The third kappa shape index (κ3) is 4.16. The van der Waals surface area contributed by atoms with Crippen molar-refractivity contribution >= 4 is 22.6 Å². The molecule has 0 radical (unpaired) electrons. The molecule has 150 valence electrons. The lowest BCUT2D eigenvalue weighted by atomic mass is 10.2. The zero-order chi connectivity index (χ0) is 20.4. The molecule has 0 saturated heterocycles. The van der Waals surface area contributed by atoms with Gasteiger partial charge in [-0.2, -0.15) is 0 Å². The molecule has 2 amide bonds. The summed E-state index contributed by atoms with van der Waals surface area (Å²) in [5.74, 6) is 1.27. The van der Waals surface area contributed by atoms with Gasteiger partial charge in [0.15, 0.2) is 11.5 Å². The number of amides is 2. The van der Waals surface area contributed by atoms with Gasteiger partial charge in [-0.05, 0) is 37.1 Å². The lowest BCUT2D eigenvalue weighted by Gasteiger charge is -2.13. The second-order valence-electron chi connectivity index (χ2n) is 6.65. The fraction of sp³-hybridized carbons (Fsp3) is 0.238. The highest BCUT2D eigenvalue weighted by Crippen LogP contribution is 2.37. The van der Waals surface area contributed by atoms with Crippen LogP contribution in [0.4, 0.5) is 14.9 Å². The Balaban J connectivity index is 1.57. The maximum absolute atomic E-state index is 14.4. The van der Waals surface area contributed by atoms with Crippen LogP contribution in [0.15, 0.2) is 42.6 Å². The summed E-state index contributed by atoms with van der Waals surface area (Å²) in [5, 5.41) is 5.95. The van der Waals surface area contributed by atoms with Crippen LogP contribution in [0.1, 0.15) is 12.8 Å². The van der Waals surface area contributed by atoms with Crippen molar-refractivity contribution in [3.63, 3.8) is 0 Å². The van der Waals surface area contributed by atoms with E-state index >= 15 is 0 Å². The summed E-state index contributed by atoms with van der Waals surface area (Å²) >= 11 is 0. The van der Waals surface area contributed by atoms with Gasteiger partial charge in [-0.3, -0.25) is 4.98 Å². The maximum atomic E-state index is 14.4. The highest BCUT2D eigenvalue weighted by Gasteiger charge is 2.23. The first-order valence-corrected chi connectivity index (χ1v) is 9.13. The van der Waals surface area contributed by atoms with Crippen LogP contribution in [0, 0.1) is 5.82 Å². The predicted octanol–water partition coefficient (Wildman–Crippen LogP) is 4.47. The standard InChI is InChI=1S/C21H20FN3O4/c1-27-19-10-14-17(11-20(19)28-2)23-8-7-18(14)29-13-5-6-16(15(22)9-13)25-21(26)24-12-3-4-12/h5-12H,3-4H2,1-2H3,(H2,24,25,26). The zero-order valence-corrected chi connectivity index (χ0v) is 16.0. The summed E-state index contributed by atoms with van der Waals surface area (Å²) in [6, 6.07) is 9.23. The van der Waals surface area contributed by atoms with Crippen LogP contribution in [0.5, 0.6) is 23.0 Å². The number of nitrogens with one attached hydrogen (secondary N) is 2. The van der Waals surface area contributed by atoms with Crippen molar-refractivity contribution < 1.29 is 23.4 Å². The molecule has 3 aromatic rings. The fourth-order valence-electron chi connectivity index (χ4n) is 2.90. The number of hydrogen-bond donors (Lipinski definition) is 2. The van der Waals surface area contributed by atoms with Crippen LogP contribution in [0.2, 0.25) is 0 Å². The summed E-state index contributed by atoms with van der Waals surface area (Å²) in [6.07, 6.45) is 3.51. The second-order valence-corrected chi connectivity index (χ2v) is 6.65. The third-order valence-corrected chi connectivity index (χ3v) is 4.54. The highest BCUT2D eigenvalue weighted by molar-refractivity contribution is 5.90. The van der Waals surface area contributed by atoms with E-state index in [9.17, 15) is 9.18 Å². The summed E-state index contributed by atoms with van der Waals surface area (Å²) < 4.78 is 30.9. The van der Waals surface area contributed by atoms with Gasteiger partial charge in [0.25, 0.3) is 0 Å². The Morgan fingerprint density at radius 2 is 1.83 bits per heavy atom. The minimum Gasteiger partial charge on any atom is -0.493 e. The molecule has 1 aromatic heterocycles. The van der Waals surface area contributed by atoms with Crippen molar-refractivity contribution in [1.82, 2.24) is 10.3 Å². The molecule has 0 aliphatic heterocycles. The van der Waals surface area contributed by atoms with E-state index in [0.29, 0.717) is 28.2 Å². The summed E-state index contributed by atoms with van der Waals surface area (Å²) in [5.41, 5.74) is 0.733. The van der Waals surface area contributed by atoms with Crippen molar-refractivity contribution in [2.45, 2.75) is 18.9 Å². The Kier molecular flexibility index (Phi) is 5.07. The maximum Gasteiger partial charge on any atom is 0.319 e. The first-order valence-electron chi connectivity index (χ1n) is 9.13. The topological polar surface area (TPSA) is 81.7 Å². The number of ether oxygens (including phenoxy) is 3. The van der Waals surface area contributed by atoms with E-state index in [0.717, 1.165) is 12.8 Å². The third-order valence-electron chi connectivity index (χ3n) is 4.54. The van der Waals surface area contributed by atoms with Crippen molar-refractivity contribution in [2.75, 3.05) is 19.5 Å². The number of carbonyl (C=O) groups excluding carboxylic acids is 1. The zero-order valence-electron chi connectivity index (χ0n) is 16.0. The number of halogens is 1. The monoisotopic (exact) mass is 397 g/mol. The van der Waals surface area contributed by atoms with E-state index in [1.165, 1.54) is 12.1 Å². The number of anilines is 1. The van der Waals surface area contributed by atoms with E-state index in [4.69, 9.17) is 14.2 Å². The Bertz CT molecular complexity index is 1070. The van der Waals surface area contributed by atoms with Crippen molar-refractivity contribution in [1.29, 1.82) is 0 Å². The molecule has 2 aromatic carbocycles. The van der Waals surface area contributed by atoms with E-state index in [2.05, 4.69) is 15.6 Å². The van der Waals surface area contributed by atoms with Crippen molar-refractivity contribution in [3.05, 3.63) is 48.4 Å². The Morgan fingerprint density at radius 3 is 2.52 bits per heavy atom. The molecule has 8 heteroatoms. The van der Waals surface area contributed by atoms with Gasteiger partial charge in [-0.25, -0.2) is 9.18 Å². The van der Waals surface area contributed by atoms with E-state index in [-0.39, 0.29) is 17.5 Å². The molecule has 1 aliphatic rings. The molecule has 29 heavy (non-hydrogen) atoms. The molecule has 0 unspecified atom stereocenters. The quantitative estimate of drug-likeness (QED) is 0.642. The van der Waals surface area contributed by atoms with Crippen LogP contribution in [-0.4, -0.2) is 31.3 Å². The number of carbonyl (C=O) groups is 1. The first-order chi connectivity index (χ1) is 14.1. The van der Waals surface area contributed by atoms with Gasteiger partial charge in [0.2, 0.25) is 0 Å². The SMILES string of the molecule is COc1cc2nccc(Oc3ccc(NC(=O)NC4CC4)c(F)c3)c2cc1OC. The number of aromatic nitrogens is 1. The molecule has 1 saturated carbocycles. The number of methoxy groups -OCH3 is 2. The number of urea groups is 1. The van der Waals surface area contributed by atoms with Gasteiger partial charge in [-0.1, -0.05) is 0 Å². The molecule has 4 rings (SSSR count). The van der Waals surface area contributed by atoms with Crippen molar-refractivity contribution in [2.24, 2.45) is 0 Å². The molecule has 1 fully saturated rings. The minimum absolute atomic E-state index is 0.0847. The fourth-order valence-corrected chi connectivity index (χ4v) is 2.90. The second kappa shape index (κ2) is 7.83. The molecule has 1 aliphatic carbocycles. The van der Waals surface area contributed by atoms with E-state index < -0.39 is 11.8 Å². The summed E-state index contributed by atoms with van der Waals surface area (Å²) in [7, 11) is 3.09. The summed E-state index contributed by atoms with van der Waals surface area (Å²) in [4.78, 5) is 16.1. The average Bonchev–Trinajstić information content (AvgIpc) is 3.53. The van der Waals surface area contributed by atoms with Gasteiger partial charge in [0.1, 0.15) is 17.3 Å². The predicted molar refractivity (Wildman–Crippen MR) is 106 cm³/mol. The van der Waals surface area contributed by atoms with Gasteiger partial charge in [-0.15, -0.1) is 0 Å². The van der Waals surface area contributed by atoms with Crippen LogP contribution in [0.3, 0.4) is 0 Å². The Morgan fingerprint density at radius 1 is 1.07 bits per heavy atom. The number of benzene rings is 2. The number of hydrogen-bond acceptors (Lipinski definition) is 5. The van der Waals surface area contributed by atoms with E-state index in [1.54, 1.807) is 44.7 Å².